The molecule has 0 atom stereocenters. The molecule has 1 aliphatic carbocycles. The molecule has 3 fully saturated rings. The highest BCUT2D eigenvalue weighted by Crippen LogP contribution is 2.23. The Morgan fingerprint density at radius 2 is 1.57 bits per heavy atom. The molecule has 2 amide bonds. The number of hydrogen-bond donors (Lipinski definition) is 1. The van der Waals surface area contributed by atoms with Crippen molar-refractivity contribution < 1.29 is 14.3 Å². The molecule has 0 unspecified atom stereocenters. The lowest BCUT2D eigenvalue weighted by Crippen LogP contribution is -2.52. The van der Waals surface area contributed by atoms with Gasteiger partial charge in [-0.2, -0.15) is 0 Å². The van der Waals surface area contributed by atoms with Gasteiger partial charge >= 0.3 is 0 Å². The first-order chi connectivity index (χ1) is 14.7. The maximum absolute atomic E-state index is 12.5. The molecule has 7 nitrogen and oxygen atoms in total. The Balaban J connectivity index is 1.21. The van der Waals surface area contributed by atoms with Gasteiger partial charge in [-0.3, -0.25) is 19.4 Å². The van der Waals surface area contributed by atoms with Crippen LogP contribution >= 0.6 is 0 Å². The highest BCUT2D eigenvalue weighted by molar-refractivity contribution is 5.96. The van der Waals surface area contributed by atoms with Gasteiger partial charge in [-0.05, 0) is 37.1 Å². The zero-order chi connectivity index (χ0) is 20.8. The van der Waals surface area contributed by atoms with Crippen molar-refractivity contribution in [2.45, 2.75) is 38.1 Å². The van der Waals surface area contributed by atoms with Crippen LogP contribution in [0.4, 0.5) is 5.69 Å². The number of amides is 2. The first-order valence-corrected chi connectivity index (χ1v) is 11.4. The van der Waals surface area contributed by atoms with Gasteiger partial charge in [-0.1, -0.05) is 19.3 Å². The predicted molar refractivity (Wildman–Crippen MR) is 117 cm³/mol. The van der Waals surface area contributed by atoms with E-state index in [9.17, 15) is 9.59 Å². The molecule has 1 N–H and O–H groups in total. The van der Waals surface area contributed by atoms with Crippen LogP contribution in [-0.4, -0.2) is 91.6 Å². The summed E-state index contributed by atoms with van der Waals surface area (Å²) in [5, 5.41) is 2.97. The van der Waals surface area contributed by atoms with Crippen LogP contribution in [0, 0.1) is 0 Å². The molecule has 30 heavy (non-hydrogen) atoms. The third-order valence-electron chi connectivity index (χ3n) is 6.58. The van der Waals surface area contributed by atoms with Crippen molar-refractivity contribution in [1.29, 1.82) is 0 Å². The van der Waals surface area contributed by atoms with E-state index in [-0.39, 0.29) is 11.8 Å². The Morgan fingerprint density at radius 3 is 2.23 bits per heavy atom. The number of carbonyl (C=O) groups is 2. The third kappa shape index (κ3) is 5.59. The van der Waals surface area contributed by atoms with E-state index >= 15 is 0 Å². The molecule has 2 heterocycles. The van der Waals surface area contributed by atoms with E-state index in [1.807, 2.05) is 17.0 Å². The number of ether oxygens (including phenoxy) is 1. The summed E-state index contributed by atoms with van der Waals surface area (Å²) in [5.74, 6) is 0.0281. The zero-order valence-electron chi connectivity index (χ0n) is 17.9. The fourth-order valence-corrected chi connectivity index (χ4v) is 4.78. The lowest BCUT2D eigenvalue weighted by Gasteiger charge is -2.40. The molecule has 0 spiro atoms. The van der Waals surface area contributed by atoms with Crippen molar-refractivity contribution >= 4 is 17.5 Å². The Hall–Kier alpha value is -1.96. The molecule has 0 radical (unpaired) electrons. The largest absolute Gasteiger partial charge is 0.378 e. The number of nitrogens with zero attached hydrogens (tertiary/aromatic N) is 3. The first-order valence-electron chi connectivity index (χ1n) is 11.4. The molecule has 1 aromatic rings. The Labute approximate surface area is 179 Å². The number of hydrogen-bond acceptors (Lipinski definition) is 5. The fraction of sp³-hybridized carbons (Fsp3) is 0.652. The molecule has 7 heteroatoms. The highest BCUT2D eigenvalue weighted by Gasteiger charge is 2.26. The number of piperazine rings is 1. The van der Waals surface area contributed by atoms with E-state index in [2.05, 4.69) is 15.1 Å². The molecule has 164 valence electrons. The van der Waals surface area contributed by atoms with Crippen molar-refractivity contribution in [3.8, 4) is 0 Å². The molecule has 1 aromatic carbocycles. The summed E-state index contributed by atoms with van der Waals surface area (Å²) in [5.41, 5.74) is 1.38. The topological polar surface area (TPSA) is 65.1 Å². The van der Waals surface area contributed by atoms with Gasteiger partial charge in [-0.25, -0.2) is 0 Å². The van der Waals surface area contributed by atoms with Crippen LogP contribution in [0.3, 0.4) is 0 Å². The molecule has 1 saturated carbocycles. The maximum atomic E-state index is 12.5. The van der Waals surface area contributed by atoms with Crippen LogP contribution < -0.4 is 5.32 Å². The normalized spacial score (nSPS) is 22.1. The van der Waals surface area contributed by atoms with Crippen LogP contribution in [0.1, 0.15) is 42.5 Å². The van der Waals surface area contributed by atoms with E-state index in [4.69, 9.17) is 4.74 Å². The third-order valence-corrected chi connectivity index (χ3v) is 6.58. The molecule has 0 aromatic heterocycles. The van der Waals surface area contributed by atoms with Gasteiger partial charge in [0.15, 0.2) is 0 Å². The minimum atomic E-state index is 0.00775. The lowest BCUT2D eigenvalue weighted by atomic mass is 9.94. The van der Waals surface area contributed by atoms with Crippen LogP contribution in [-0.2, 0) is 9.53 Å². The summed E-state index contributed by atoms with van der Waals surface area (Å²) in [6.07, 6.45) is 6.79. The number of nitrogens with one attached hydrogen (secondary N) is 1. The standard InChI is InChI=1S/C23H34N4O3/c28-22(18-25-10-12-26(13-11-25)21-4-2-1-3-5-21)24-20-8-6-19(7-9-20)23(29)27-14-16-30-17-15-27/h6-9,21H,1-5,10-18H2,(H,24,28). The van der Waals surface area contributed by atoms with Crippen LogP contribution in [0.2, 0.25) is 0 Å². The van der Waals surface area contributed by atoms with Crippen molar-refractivity contribution in [2.75, 3.05) is 64.3 Å². The number of anilines is 1. The maximum Gasteiger partial charge on any atom is 0.254 e. The van der Waals surface area contributed by atoms with Gasteiger partial charge in [0.2, 0.25) is 5.91 Å². The Bertz CT molecular complexity index is 704. The average Bonchev–Trinajstić information content (AvgIpc) is 2.81. The van der Waals surface area contributed by atoms with Gasteiger partial charge in [0.25, 0.3) is 5.91 Å². The minimum Gasteiger partial charge on any atom is -0.378 e. The number of carbonyl (C=O) groups excluding carboxylic acids is 2. The Kier molecular flexibility index (Phi) is 7.36. The summed E-state index contributed by atoms with van der Waals surface area (Å²) in [7, 11) is 0. The summed E-state index contributed by atoms with van der Waals surface area (Å²) in [4.78, 5) is 31.7. The van der Waals surface area contributed by atoms with Crippen molar-refractivity contribution in [1.82, 2.24) is 14.7 Å². The van der Waals surface area contributed by atoms with Gasteiger partial charge in [-0.15, -0.1) is 0 Å². The summed E-state index contributed by atoms with van der Waals surface area (Å²) < 4.78 is 5.30. The second-order valence-corrected chi connectivity index (χ2v) is 8.63. The first kappa shape index (κ1) is 21.3. The van der Waals surface area contributed by atoms with E-state index in [0.717, 1.165) is 37.9 Å². The molecule has 4 rings (SSSR count). The molecular weight excluding hydrogens is 380 g/mol. The highest BCUT2D eigenvalue weighted by atomic mass is 16.5. The predicted octanol–water partition coefficient (Wildman–Crippen LogP) is 2.05. The van der Waals surface area contributed by atoms with Gasteiger partial charge in [0.1, 0.15) is 0 Å². The molecule has 2 aliphatic heterocycles. The zero-order valence-corrected chi connectivity index (χ0v) is 17.9. The number of rotatable bonds is 5. The molecule has 2 saturated heterocycles. The summed E-state index contributed by atoms with van der Waals surface area (Å²) in [6, 6.07) is 7.96. The van der Waals surface area contributed by atoms with Gasteiger partial charge < -0.3 is 15.0 Å². The van der Waals surface area contributed by atoms with E-state index in [1.54, 1.807) is 12.1 Å². The van der Waals surface area contributed by atoms with E-state index in [1.165, 1.54) is 32.1 Å². The van der Waals surface area contributed by atoms with Crippen LogP contribution in [0.25, 0.3) is 0 Å². The van der Waals surface area contributed by atoms with Crippen molar-refractivity contribution in [3.05, 3.63) is 29.8 Å². The second kappa shape index (κ2) is 10.4. The average molecular weight is 415 g/mol. The number of benzene rings is 1. The van der Waals surface area contributed by atoms with Gasteiger partial charge in [0, 0.05) is 56.6 Å². The smallest absolute Gasteiger partial charge is 0.254 e. The molecule has 3 aliphatic rings. The SMILES string of the molecule is O=C(CN1CCN(C2CCCCC2)CC1)Nc1ccc(C(=O)N2CCOCC2)cc1. The Morgan fingerprint density at radius 1 is 0.900 bits per heavy atom. The van der Waals surface area contributed by atoms with Gasteiger partial charge in [0.05, 0.1) is 19.8 Å². The quantitative estimate of drug-likeness (QED) is 0.799. The molecule has 0 bridgehead atoms. The lowest BCUT2D eigenvalue weighted by molar-refractivity contribution is -0.117. The van der Waals surface area contributed by atoms with Crippen molar-refractivity contribution in [3.63, 3.8) is 0 Å². The van der Waals surface area contributed by atoms with E-state index < -0.39 is 0 Å². The summed E-state index contributed by atoms with van der Waals surface area (Å²) in [6.45, 7) is 6.91. The number of morpholine rings is 1. The fourth-order valence-electron chi connectivity index (χ4n) is 4.78. The van der Waals surface area contributed by atoms with E-state index in [0.29, 0.717) is 38.4 Å². The van der Waals surface area contributed by atoms with Crippen LogP contribution in [0.5, 0.6) is 0 Å². The summed E-state index contributed by atoms with van der Waals surface area (Å²) >= 11 is 0. The second-order valence-electron chi connectivity index (χ2n) is 8.63. The monoisotopic (exact) mass is 414 g/mol. The minimum absolute atomic E-state index is 0.00775. The van der Waals surface area contributed by atoms with Crippen molar-refractivity contribution in [2.24, 2.45) is 0 Å². The van der Waals surface area contributed by atoms with Crippen LogP contribution in [0.15, 0.2) is 24.3 Å². The molecular formula is C23H34N4O3.